The van der Waals surface area contributed by atoms with Crippen LogP contribution in [0, 0.1) is 5.92 Å². The fraction of sp³-hybridized carbons (Fsp3) is 0.400. The summed E-state index contributed by atoms with van der Waals surface area (Å²) in [6, 6.07) is 8.05. The zero-order valence-corrected chi connectivity index (χ0v) is 7.73. The summed E-state index contributed by atoms with van der Waals surface area (Å²) in [5.41, 5.74) is 1.33. The Morgan fingerprint density at radius 3 is 2.64 bits per heavy atom. The quantitative estimate of drug-likeness (QED) is 0.634. The van der Waals surface area contributed by atoms with Gasteiger partial charge in [-0.2, -0.15) is 0 Å². The van der Waals surface area contributed by atoms with Gasteiger partial charge in [-0.3, -0.25) is 0 Å². The molecule has 0 saturated heterocycles. The van der Waals surface area contributed by atoms with Crippen molar-refractivity contribution in [1.29, 1.82) is 0 Å². The first kappa shape index (κ1) is 8.61. The van der Waals surface area contributed by atoms with Crippen LogP contribution in [0.3, 0.4) is 0 Å². The fourth-order valence-corrected chi connectivity index (χ4v) is 1.35. The first-order valence-corrected chi connectivity index (χ1v) is 4.30. The molecule has 0 aliphatic rings. The number of halogens is 1. The molecular formula is C10H13Cl. The highest BCUT2D eigenvalue weighted by Crippen LogP contribution is 2.13. The lowest BCUT2D eigenvalue weighted by Gasteiger charge is -2.03. The Kier molecular flexibility index (Phi) is 2.95. The van der Waals surface area contributed by atoms with Gasteiger partial charge in [-0.05, 0) is 30.0 Å². The van der Waals surface area contributed by atoms with Crippen LogP contribution in [-0.4, -0.2) is 0 Å². The molecule has 1 aromatic rings. The van der Waals surface area contributed by atoms with Crippen LogP contribution in [0.25, 0.3) is 0 Å². The van der Waals surface area contributed by atoms with Gasteiger partial charge in [-0.1, -0.05) is 37.6 Å². The summed E-state index contributed by atoms with van der Waals surface area (Å²) < 4.78 is 0. The van der Waals surface area contributed by atoms with Crippen LogP contribution in [0.1, 0.15) is 19.4 Å². The molecule has 0 spiro atoms. The van der Waals surface area contributed by atoms with Crippen molar-refractivity contribution in [3.63, 3.8) is 0 Å². The maximum absolute atomic E-state index is 5.83. The minimum absolute atomic E-state index is 0.702. The average molecular weight is 169 g/mol. The largest absolute Gasteiger partial charge is 0.0843 e. The number of hydrogen-bond donors (Lipinski definition) is 0. The van der Waals surface area contributed by atoms with Crippen molar-refractivity contribution in [1.82, 2.24) is 0 Å². The molecule has 0 aliphatic carbocycles. The molecule has 1 heteroatoms. The third-order valence-corrected chi connectivity index (χ3v) is 1.77. The summed E-state index contributed by atoms with van der Waals surface area (Å²) >= 11 is 5.83. The van der Waals surface area contributed by atoms with Crippen molar-refractivity contribution in [3.05, 3.63) is 34.9 Å². The average Bonchev–Trinajstić information content (AvgIpc) is 1.85. The standard InChI is InChI=1S/C10H13Cl/c1-8(2)6-9-4-3-5-10(11)7-9/h3-5,7-8H,6H2,1-2H3. The molecule has 0 atom stereocenters. The Balaban J connectivity index is 2.71. The van der Waals surface area contributed by atoms with Gasteiger partial charge in [0.25, 0.3) is 0 Å². The molecule has 1 rings (SSSR count). The second-order valence-electron chi connectivity index (χ2n) is 3.23. The maximum Gasteiger partial charge on any atom is 0.0408 e. The van der Waals surface area contributed by atoms with Crippen LogP contribution in [0.4, 0.5) is 0 Å². The van der Waals surface area contributed by atoms with Crippen LogP contribution in [0.5, 0.6) is 0 Å². The fourth-order valence-electron chi connectivity index (χ4n) is 1.14. The topological polar surface area (TPSA) is 0 Å². The van der Waals surface area contributed by atoms with E-state index in [1.165, 1.54) is 5.56 Å². The van der Waals surface area contributed by atoms with Gasteiger partial charge in [-0.25, -0.2) is 0 Å². The summed E-state index contributed by atoms with van der Waals surface area (Å²) in [5.74, 6) is 0.702. The van der Waals surface area contributed by atoms with E-state index in [4.69, 9.17) is 11.6 Å². The second-order valence-corrected chi connectivity index (χ2v) is 3.66. The Labute approximate surface area is 73.2 Å². The third-order valence-electron chi connectivity index (χ3n) is 1.53. The summed E-state index contributed by atoms with van der Waals surface area (Å²) in [6.07, 6.45) is 1.11. The second kappa shape index (κ2) is 3.77. The van der Waals surface area contributed by atoms with Crippen LogP contribution < -0.4 is 0 Å². The van der Waals surface area contributed by atoms with Crippen LogP contribution in [-0.2, 0) is 6.42 Å². The van der Waals surface area contributed by atoms with Gasteiger partial charge in [0.2, 0.25) is 0 Å². The molecule has 0 saturated carbocycles. The van der Waals surface area contributed by atoms with Crippen molar-refractivity contribution < 1.29 is 0 Å². The summed E-state index contributed by atoms with van der Waals surface area (Å²) in [5, 5.41) is 0.836. The normalized spacial score (nSPS) is 10.5. The van der Waals surface area contributed by atoms with Gasteiger partial charge < -0.3 is 0 Å². The van der Waals surface area contributed by atoms with E-state index in [0.29, 0.717) is 5.92 Å². The van der Waals surface area contributed by atoms with Crippen molar-refractivity contribution in [2.75, 3.05) is 0 Å². The van der Waals surface area contributed by atoms with E-state index in [-0.39, 0.29) is 0 Å². The summed E-state index contributed by atoms with van der Waals surface area (Å²) in [6.45, 7) is 4.42. The van der Waals surface area contributed by atoms with E-state index < -0.39 is 0 Å². The van der Waals surface area contributed by atoms with E-state index >= 15 is 0 Å². The number of benzene rings is 1. The minimum atomic E-state index is 0.702. The van der Waals surface area contributed by atoms with E-state index in [0.717, 1.165) is 11.4 Å². The first-order valence-electron chi connectivity index (χ1n) is 3.93. The van der Waals surface area contributed by atoms with Gasteiger partial charge in [0.15, 0.2) is 0 Å². The highest BCUT2D eigenvalue weighted by Gasteiger charge is 1.96. The molecule has 0 N–H and O–H groups in total. The summed E-state index contributed by atoms with van der Waals surface area (Å²) in [4.78, 5) is 0. The maximum atomic E-state index is 5.83. The monoisotopic (exact) mass is 168 g/mol. The molecular weight excluding hydrogens is 156 g/mol. The Bertz CT molecular complexity index is 228. The van der Waals surface area contributed by atoms with Gasteiger partial charge in [0, 0.05) is 5.02 Å². The van der Waals surface area contributed by atoms with Crippen LogP contribution in [0.15, 0.2) is 24.3 Å². The van der Waals surface area contributed by atoms with Crippen molar-refractivity contribution in [2.45, 2.75) is 20.3 Å². The molecule has 0 bridgehead atoms. The smallest absolute Gasteiger partial charge is 0.0408 e. The van der Waals surface area contributed by atoms with Gasteiger partial charge in [0.05, 0.1) is 0 Å². The van der Waals surface area contributed by atoms with Gasteiger partial charge in [0.1, 0.15) is 0 Å². The Morgan fingerprint density at radius 1 is 1.36 bits per heavy atom. The molecule has 1 aromatic carbocycles. The zero-order chi connectivity index (χ0) is 8.27. The highest BCUT2D eigenvalue weighted by molar-refractivity contribution is 6.30. The lowest BCUT2D eigenvalue weighted by atomic mass is 10.0. The van der Waals surface area contributed by atoms with E-state index in [1.54, 1.807) is 0 Å². The Morgan fingerprint density at radius 2 is 2.09 bits per heavy atom. The van der Waals surface area contributed by atoms with Crippen molar-refractivity contribution in [2.24, 2.45) is 5.92 Å². The van der Waals surface area contributed by atoms with Crippen LogP contribution >= 0.6 is 11.6 Å². The lowest BCUT2D eigenvalue weighted by Crippen LogP contribution is -1.92. The lowest BCUT2D eigenvalue weighted by molar-refractivity contribution is 0.647. The predicted molar refractivity (Wildman–Crippen MR) is 50.0 cm³/mol. The SMILES string of the molecule is CC(C)Cc1cccc(Cl)c1. The first-order chi connectivity index (χ1) is 5.18. The molecule has 0 heterocycles. The Hall–Kier alpha value is -0.490. The molecule has 0 unspecified atom stereocenters. The van der Waals surface area contributed by atoms with E-state index in [9.17, 15) is 0 Å². The van der Waals surface area contributed by atoms with Crippen LogP contribution in [0.2, 0.25) is 5.02 Å². The molecule has 11 heavy (non-hydrogen) atoms. The summed E-state index contributed by atoms with van der Waals surface area (Å²) in [7, 11) is 0. The van der Waals surface area contributed by atoms with Gasteiger partial charge >= 0.3 is 0 Å². The van der Waals surface area contributed by atoms with Gasteiger partial charge in [-0.15, -0.1) is 0 Å². The highest BCUT2D eigenvalue weighted by atomic mass is 35.5. The zero-order valence-electron chi connectivity index (χ0n) is 6.97. The number of rotatable bonds is 2. The minimum Gasteiger partial charge on any atom is -0.0843 e. The third kappa shape index (κ3) is 2.94. The van der Waals surface area contributed by atoms with E-state index in [2.05, 4.69) is 19.9 Å². The molecule has 60 valence electrons. The van der Waals surface area contributed by atoms with Crippen molar-refractivity contribution in [3.8, 4) is 0 Å². The van der Waals surface area contributed by atoms with Crippen molar-refractivity contribution >= 4 is 11.6 Å². The molecule has 0 aliphatic heterocycles. The molecule has 0 nitrogen and oxygen atoms in total. The number of hydrogen-bond acceptors (Lipinski definition) is 0. The molecule has 0 fully saturated rings. The molecule has 0 aromatic heterocycles. The molecule has 0 amide bonds. The molecule has 0 radical (unpaired) electrons. The van der Waals surface area contributed by atoms with E-state index in [1.807, 2.05) is 18.2 Å². The predicted octanol–water partition coefficient (Wildman–Crippen LogP) is 3.54.